The Hall–Kier alpha value is -2.90. The van der Waals surface area contributed by atoms with Gasteiger partial charge in [-0.25, -0.2) is 15.1 Å². The van der Waals surface area contributed by atoms with Gasteiger partial charge in [0.05, 0.1) is 24.3 Å². The van der Waals surface area contributed by atoms with Gasteiger partial charge in [0.25, 0.3) is 0 Å². The number of nitrogens with two attached hydrogens (primary N) is 1. The minimum absolute atomic E-state index is 0.142. The summed E-state index contributed by atoms with van der Waals surface area (Å²) in [4.78, 5) is 21.4. The van der Waals surface area contributed by atoms with E-state index in [0.29, 0.717) is 23.7 Å². The smallest absolute Gasteiger partial charge is 0.333 e. The molecule has 0 bridgehead atoms. The summed E-state index contributed by atoms with van der Waals surface area (Å²) in [5.41, 5.74) is 1.40. The second-order valence-electron chi connectivity index (χ2n) is 8.44. The molecule has 0 radical (unpaired) electrons. The van der Waals surface area contributed by atoms with Gasteiger partial charge in [-0.3, -0.25) is 13.7 Å². The highest BCUT2D eigenvalue weighted by Crippen LogP contribution is 2.30. The molecule has 11 nitrogen and oxygen atoms in total. The number of aliphatic hydroxyl groups is 1. The van der Waals surface area contributed by atoms with Crippen molar-refractivity contribution >= 4 is 33.5 Å². The number of nitrogens with one attached hydrogen (secondary N) is 1. The van der Waals surface area contributed by atoms with E-state index in [1.165, 1.54) is 12.5 Å². The van der Waals surface area contributed by atoms with Gasteiger partial charge in [0.15, 0.2) is 0 Å². The highest BCUT2D eigenvalue weighted by molar-refractivity contribution is 7.84. The van der Waals surface area contributed by atoms with Crippen LogP contribution in [0.15, 0.2) is 49.1 Å². The Labute approximate surface area is 207 Å². The van der Waals surface area contributed by atoms with Crippen LogP contribution in [0.25, 0.3) is 0 Å². The number of halogens is 1. The molecule has 3 aromatic rings. The quantitative estimate of drug-likeness (QED) is 0.358. The van der Waals surface area contributed by atoms with Crippen molar-refractivity contribution in [2.45, 2.75) is 38.0 Å². The molecule has 4 rings (SSSR count). The minimum Gasteiger partial charge on any atom is -0.393 e. The molecule has 0 amide bonds. The Morgan fingerprint density at radius 1 is 1.37 bits per heavy atom. The van der Waals surface area contributed by atoms with Gasteiger partial charge < -0.3 is 10.4 Å². The number of carbonyl (C=O) groups excluding carboxylic acids is 1. The van der Waals surface area contributed by atoms with E-state index in [0.717, 1.165) is 5.56 Å². The minimum atomic E-state index is -4.10. The first kappa shape index (κ1) is 25.2. The lowest BCUT2D eigenvalue weighted by Gasteiger charge is -2.15. The number of aromatic nitrogens is 4. The second-order valence-corrected chi connectivity index (χ2v) is 10.1. The Morgan fingerprint density at radius 2 is 2.17 bits per heavy atom. The predicted octanol–water partition coefficient (Wildman–Crippen LogP) is 1.94. The van der Waals surface area contributed by atoms with Gasteiger partial charge in [-0.1, -0.05) is 23.7 Å². The fraction of sp³-hybridized carbons (Fsp3) is 0.364. The van der Waals surface area contributed by atoms with Gasteiger partial charge in [0, 0.05) is 29.4 Å². The summed E-state index contributed by atoms with van der Waals surface area (Å²) in [5, 5.41) is 23.4. The largest absolute Gasteiger partial charge is 0.393 e. The summed E-state index contributed by atoms with van der Waals surface area (Å²) >= 11 is 6.10. The van der Waals surface area contributed by atoms with E-state index < -0.39 is 22.3 Å². The fourth-order valence-electron chi connectivity index (χ4n) is 4.12. The third-order valence-electron chi connectivity index (χ3n) is 5.97. The number of nitrogens with zero attached hydrogens (tertiary/aromatic N) is 4. The van der Waals surface area contributed by atoms with Crippen molar-refractivity contribution in [1.29, 1.82) is 0 Å². The second kappa shape index (κ2) is 10.4. The standard InChI is InChI=1S/C22H25ClN6O5S/c1-13(14-3-2-4-16(23)7-14)29-6-5-19(28-29)21(31)18-10-25-12-26-22(18)27-17-8-15(20(30)9-17)11-34-35(24,32)33/h2-7,10,12-13,15,17,20,30H,8-9,11H2,1H3,(H2,24,32,33)(H,25,26,27)/t13?,15-,17-,20+/m1/s1. The van der Waals surface area contributed by atoms with E-state index in [1.807, 2.05) is 25.1 Å². The molecule has 2 aromatic heterocycles. The maximum absolute atomic E-state index is 13.2. The van der Waals surface area contributed by atoms with Gasteiger partial charge in [-0.05, 0) is 43.5 Å². The predicted molar refractivity (Wildman–Crippen MR) is 128 cm³/mol. The Morgan fingerprint density at radius 3 is 2.91 bits per heavy atom. The van der Waals surface area contributed by atoms with E-state index in [-0.39, 0.29) is 35.7 Å². The third-order valence-corrected chi connectivity index (χ3v) is 6.67. The van der Waals surface area contributed by atoms with Crippen LogP contribution >= 0.6 is 11.6 Å². The van der Waals surface area contributed by atoms with Crippen LogP contribution in [0.1, 0.15) is 47.4 Å². The summed E-state index contributed by atoms with van der Waals surface area (Å²) in [6.07, 6.45) is 4.37. The Balaban J connectivity index is 1.47. The average Bonchev–Trinajstić information content (AvgIpc) is 3.43. The van der Waals surface area contributed by atoms with Crippen molar-refractivity contribution in [2.24, 2.45) is 11.1 Å². The van der Waals surface area contributed by atoms with Gasteiger partial charge in [-0.15, -0.1) is 0 Å². The highest BCUT2D eigenvalue weighted by Gasteiger charge is 2.35. The van der Waals surface area contributed by atoms with Crippen LogP contribution in [0.5, 0.6) is 0 Å². The molecule has 1 fully saturated rings. The molecular formula is C22H25ClN6O5S. The molecule has 4 atom stereocenters. The molecular weight excluding hydrogens is 496 g/mol. The molecule has 0 saturated heterocycles. The summed E-state index contributed by atoms with van der Waals surface area (Å²) < 4.78 is 28.4. The summed E-state index contributed by atoms with van der Waals surface area (Å²) in [6.45, 7) is 1.73. The Bertz CT molecular complexity index is 1320. The molecule has 4 N–H and O–H groups in total. The number of anilines is 1. The van der Waals surface area contributed by atoms with E-state index in [4.69, 9.17) is 16.7 Å². The topological polar surface area (TPSA) is 162 Å². The lowest BCUT2D eigenvalue weighted by molar-refractivity contribution is 0.101. The van der Waals surface area contributed by atoms with Crippen molar-refractivity contribution in [3.63, 3.8) is 0 Å². The summed E-state index contributed by atoms with van der Waals surface area (Å²) in [5.74, 6) is -0.499. The van der Waals surface area contributed by atoms with Gasteiger partial charge in [-0.2, -0.15) is 13.5 Å². The molecule has 1 saturated carbocycles. The number of carbonyl (C=O) groups is 1. The zero-order valence-electron chi connectivity index (χ0n) is 18.8. The Kier molecular flexibility index (Phi) is 7.47. The zero-order valence-corrected chi connectivity index (χ0v) is 20.4. The lowest BCUT2D eigenvalue weighted by atomic mass is 10.1. The first-order valence-electron chi connectivity index (χ1n) is 10.9. The van der Waals surface area contributed by atoms with E-state index in [9.17, 15) is 18.3 Å². The number of rotatable bonds is 9. The van der Waals surface area contributed by atoms with Crippen molar-refractivity contribution < 1.29 is 22.5 Å². The number of hydrogen-bond acceptors (Lipinski definition) is 9. The SMILES string of the molecule is CC(c1cccc(Cl)c1)n1ccc(C(=O)c2cncnc2N[C@@H]2C[C@H](COS(N)(=O)=O)[C@@H](O)C2)n1. The fourth-order valence-corrected chi connectivity index (χ4v) is 4.68. The molecule has 186 valence electrons. The van der Waals surface area contributed by atoms with Crippen LogP contribution in [-0.4, -0.2) is 57.8 Å². The maximum atomic E-state index is 13.2. The van der Waals surface area contributed by atoms with Crippen molar-refractivity contribution in [1.82, 2.24) is 19.7 Å². The molecule has 13 heteroatoms. The van der Waals surface area contributed by atoms with E-state index in [1.54, 1.807) is 23.0 Å². The first-order valence-corrected chi connectivity index (χ1v) is 12.7. The first-order chi connectivity index (χ1) is 16.6. The summed E-state index contributed by atoms with van der Waals surface area (Å²) in [7, 11) is -4.10. The lowest BCUT2D eigenvalue weighted by Crippen LogP contribution is -2.24. The average molecular weight is 521 g/mol. The van der Waals surface area contributed by atoms with Gasteiger partial charge in [0.2, 0.25) is 5.78 Å². The zero-order chi connectivity index (χ0) is 25.2. The third kappa shape index (κ3) is 6.21. The number of hydrogen-bond donors (Lipinski definition) is 3. The highest BCUT2D eigenvalue weighted by atomic mass is 35.5. The monoisotopic (exact) mass is 520 g/mol. The van der Waals surface area contributed by atoms with Crippen molar-refractivity contribution in [3.8, 4) is 0 Å². The molecule has 1 aliphatic rings. The molecule has 35 heavy (non-hydrogen) atoms. The van der Waals surface area contributed by atoms with Crippen LogP contribution in [0.3, 0.4) is 0 Å². The number of ketones is 1. The van der Waals surface area contributed by atoms with Crippen LogP contribution in [-0.2, 0) is 14.5 Å². The van der Waals surface area contributed by atoms with E-state index in [2.05, 4.69) is 24.6 Å². The number of aliphatic hydroxyl groups excluding tert-OH is 1. The van der Waals surface area contributed by atoms with E-state index >= 15 is 0 Å². The molecule has 0 aliphatic heterocycles. The van der Waals surface area contributed by atoms with Crippen LogP contribution < -0.4 is 10.5 Å². The van der Waals surface area contributed by atoms with Crippen molar-refractivity contribution in [2.75, 3.05) is 11.9 Å². The van der Waals surface area contributed by atoms with Crippen LogP contribution in [0.2, 0.25) is 5.02 Å². The molecule has 0 spiro atoms. The molecule has 1 aliphatic carbocycles. The molecule has 1 aromatic carbocycles. The van der Waals surface area contributed by atoms with Gasteiger partial charge in [0.1, 0.15) is 17.8 Å². The van der Waals surface area contributed by atoms with Crippen molar-refractivity contribution in [3.05, 3.63) is 70.9 Å². The summed E-state index contributed by atoms with van der Waals surface area (Å²) in [6, 6.07) is 8.65. The van der Waals surface area contributed by atoms with Crippen LogP contribution in [0.4, 0.5) is 5.82 Å². The molecule has 1 unspecified atom stereocenters. The van der Waals surface area contributed by atoms with Crippen LogP contribution in [0, 0.1) is 5.92 Å². The van der Waals surface area contributed by atoms with Gasteiger partial charge >= 0.3 is 10.3 Å². The normalized spacial score (nSPS) is 21.1. The molecule has 2 heterocycles. The number of benzene rings is 1. The maximum Gasteiger partial charge on any atom is 0.333 e.